The number of thiophene rings is 1. The van der Waals surface area contributed by atoms with E-state index in [4.69, 9.17) is 30.3 Å². The Morgan fingerprint density at radius 1 is 0.529 bits per heavy atom. The second-order valence-corrected chi connectivity index (χ2v) is 13.3. The van der Waals surface area contributed by atoms with Gasteiger partial charge < -0.3 is 8.98 Å². The topological polar surface area (TPSA) is 56.7 Å². The third-order valence-electron chi connectivity index (χ3n) is 9.32. The van der Waals surface area contributed by atoms with Gasteiger partial charge in [-0.15, -0.1) is 11.3 Å². The Hall–Kier alpha value is -6.63. The maximum Gasteiger partial charge on any atom is 0.165 e. The summed E-state index contributed by atoms with van der Waals surface area (Å²) < 4.78 is 80.0. The Kier molecular flexibility index (Phi) is 4.60. The predicted octanol–water partition coefficient (Wildman–Crippen LogP) is 12.2. The fourth-order valence-electron chi connectivity index (χ4n) is 7.03. The molecule has 0 fully saturated rings. The van der Waals surface area contributed by atoms with Crippen LogP contribution in [-0.2, 0) is 0 Å². The Bertz CT molecular complexity index is 3540. The Morgan fingerprint density at radius 2 is 1.20 bits per heavy atom. The molecule has 0 spiro atoms. The van der Waals surface area contributed by atoms with E-state index >= 15 is 0 Å². The smallest absolute Gasteiger partial charge is 0.165 e. The van der Waals surface area contributed by atoms with Gasteiger partial charge >= 0.3 is 0 Å². The Balaban J connectivity index is 1.15. The average Bonchev–Trinajstić information content (AvgIpc) is 3.96. The zero-order valence-corrected chi connectivity index (χ0v) is 27.3. The van der Waals surface area contributed by atoms with Crippen LogP contribution in [0.1, 0.15) is 11.0 Å². The maximum absolute atomic E-state index is 8.99. The number of nitrogens with zero attached hydrogens (tertiary/aromatic N) is 4. The molecule has 51 heavy (non-hydrogen) atoms. The van der Waals surface area contributed by atoms with Crippen LogP contribution in [0.15, 0.2) is 162 Å². The lowest BCUT2D eigenvalue weighted by atomic mass is 10.1. The first-order valence-corrected chi connectivity index (χ1v) is 17.1. The molecular weight excluding hydrogens is 645 g/mol. The third-order valence-corrected chi connectivity index (χ3v) is 10.5. The van der Waals surface area contributed by atoms with E-state index in [1.54, 1.807) is 23.5 Å². The van der Waals surface area contributed by atoms with Crippen LogP contribution >= 0.6 is 11.3 Å². The zero-order valence-electron chi connectivity index (χ0n) is 34.5. The molecule has 0 unspecified atom stereocenters. The quantitative estimate of drug-likeness (QED) is 0.186. The van der Waals surface area contributed by atoms with Gasteiger partial charge in [-0.2, -0.15) is 0 Å². The number of benzene rings is 7. The van der Waals surface area contributed by atoms with Crippen molar-refractivity contribution >= 4 is 75.3 Å². The van der Waals surface area contributed by atoms with Gasteiger partial charge in [0.25, 0.3) is 0 Å². The van der Waals surface area contributed by atoms with Crippen LogP contribution in [0.4, 0.5) is 0 Å². The highest BCUT2D eigenvalue weighted by molar-refractivity contribution is 7.26. The van der Waals surface area contributed by atoms with Gasteiger partial charge in [-0.1, -0.05) is 115 Å². The van der Waals surface area contributed by atoms with Gasteiger partial charge in [0.05, 0.1) is 27.7 Å². The molecule has 0 aliphatic carbocycles. The first-order chi connectivity index (χ1) is 28.6. The molecule has 0 aliphatic heterocycles. The first kappa shape index (κ1) is 21.5. The summed E-state index contributed by atoms with van der Waals surface area (Å²) in [5, 5.41) is 3.74. The number of fused-ring (bicyclic) bond motifs is 9. The van der Waals surface area contributed by atoms with E-state index in [-0.39, 0.29) is 33.9 Å². The number of hydrogen-bond acceptors (Lipinski definition) is 5. The van der Waals surface area contributed by atoms with Gasteiger partial charge in [0.1, 0.15) is 5.58 Å². The molecule has 0 aliphatic rings. The van der Waals surface area contributed by atoms with Crippen molar-refractivity contribution in [1.29, 1.82) is 0 Å². The van der Waals surface area contributed by atoms with E-state index in [9.17, 15) is 0 Å². The summed E-state index contributed by atoms with van der Waals surface area (Å²) in [5.41, 5.74) is 3.62. The van der Waals surface area contributed by atoms with Crippen molar-refractivity contribution in [2.24, 2.45) is 0 Å². The van der Waals surface area contributed by atoms with Crippen molar-refractivity contribution in [3.8, 4) is 39.9 Å². The molecule has 0 N–H and O–H groups in total. The van der Waals surface area contributed by atoms with Crippen molar-refractivity contribution in [3.63, 3.8) is 0 Å². The minimum Gasteiger partial charge on any atom is -0.454 e. The lowest BCUT2D eigenvalue weighted by Crippen LogP contribution is -2.00. The van der Waals surface area contributed by atoms with Crippen molar-refractivity contribution < 1.29 is 15.4 Å². The fourth-order valence-corrected chi connectivity index (χ4v) is 8.24. The molecule has 4 heterocycles. The Morgan fingerprint density at radius 3 is 2.02 bits per heavy atom. The van der Waals surface area contributed by atoms with Gasteiger partial charge in [0.2, 0.25) is 0 Å². The average molecular weight is 679 g/mol. The molecule has 0 amide bonds. The van der Waals surface area contributed by atoms with Crippen LogP contribution in [-0.4, -0.2) is 19.5 Å². The molecule has 4 aromatic heterocycles. The molecule has 0 bridgehead atoms. The van der Waals surface area contributed by atoms with E-state index in [1.165, 1.54) is 14.7 Å². The monoisotopic (exact) mass is 678 g/mol. The second-order valence-electron chi connectivity index (χ2n) is 12.2. The van der Waals surface area contributed by atoms with Crippen LogP contribution in [0, 0.1) is 0 Å². The van der Waals surface area contributed by atoms with Crippen molar-refractivity contribution in [3.05, 3.63) is 158 Å². The molecule has 5 nitrogen and oxygen atoms in total. The molecule has 6 heteroatoms. The highest BCUT2D eigenvalue weighted by Crippen LogP contribution is 2.41. The van der Waals surface area contributed by atoms with Gasteiger partial charge in [-0.25, -0.2) is 15.0 Å². The molecule has 0 radical (unpaired) electrons. The SMILES string of the molecule is [2H]c1c([2H])c([2H])c2c(c1[2H])c1c([2H])c([2H])c([2H])c([2H])c1n2-c1cccc2c1oc1cc(-c3nc(-c4ccccc4)nc(-c4cccc5c4sc4ccccc45)n3)ccc12. The highest BCUT2D eigenvalue weighted by Gasteiger charge is 2.20. The molecule has 0 saturated heterocycles. The van der Waals surface area contributed by atoms with Crippen molar-refractivity contribution in [2.75, 3.05) is 0 Å². The molecule has 238 valence electrons. The third kappa shape index (κ3) is 4.30. The van der Waals surface area contributed by atoms with Gasteiger partial charge in [-0.05, 0) is 42.4 Å². The van der Waals surface area contributed by atoms with Gasteiger partial charge in [0.15, 0.2) is 23.1 Å². The fraction of sp³-hybridized carbons (Fsp3) is 0. The van der Waals surface area contributed by atoms with Crippen LogP contribution in [0.5, 0.6) is 0 Å². The van der Waals surface area contributed by atoms with Crippen LogP contribution < -0.4 is 0 Å². The molecule has 7 aromatic carbocycles. The van der Waals surface area contributed by atoms with E-state index in [0.29, 0.717) is 45.3 Å². The lowest BCUT2D eigenvalue weighted by Gasteiger charge is -2.09. The molecule has 0 atom stereocenters. The summed E-state index contributed by atoms with van der Waals surface area (Å²) in [7, 11) is 0. The number of hydrogen-bond donors (Lipinski definition) is 0. The van der Waals surface area contributed by atoms with E-state index in [0.717, 1.165) is 26.6 Å². The molecular formula is C45H26N4OS. The summed E-state index contributed by atoms with van der Waals surface area (Å²) in [6.07, 6.45) is 0. The normalized spacial score (nSPS) is 14.1. The first-order valence-electron chi connectivity index (χ1n) is 20.3. The summed E-state index contributed by atoms with van der Waals surface area (Å²) >= 11 is 1.70. The Labute approximate surface area is 307 Å². The number of furan rings is 1. The summed E-state index contributed by atoms with van der Waals surface area (Å²) in [6.45, 7) is 0. The van der Waals surface area contributed by atoms with E-state index in [1.807, 2.05) is 78.9 Å². The van der Waals surface area contributed by atoms with Gasteiger partial charge in [0, 0.05) is 58.4 Å². The molecule has 0 saturated carbocycles. The second kappa shape index (κ2) is 10.9. The van der Waals surface area contributed by atoms with E-state index in [2.05, 4.69) is 18.2 Å². The number of para-hydroxylation sites is 3. The number of rotatable bonds is 4. The maximum atomic E-state index is 8.99. The summed E-state index contributed by atoms with van der Waals surface area (Å²) in [4.78, 5) is 15.0. The van der Waals surface area contributed by atoms with Crippen LogP contribution in [0.25, 0.3) is 104 Å². The summed E-state index contributed by atoms with van der Waals surface area (Å²) in [5.74, 6) is 1.47. The molecule has 11 rings (SSSR count). The standard InChI is InChI=1S/C45H26N4OS/c1-2-12-27(13-3-1)43-46-44(48-45(47-43)35-19-10-18-34-32-16-6-9-23-40(32)51-42(34)35)28-24-25-31-33-17-11-22-38(41(33)50-39(31)26-28)49-36-20-7-4-14-29(36)30-15-5-8-21-37(30)49/h1-26H/i4D,5D,7D,8D,14D,15D,20D,21D. The zero-order chi connectivity index (χ0) is 40.4. The van der Waals surface area contributed by atoms with Crippen LogP contribution in [0.3, 0.4) is 0 Å². The largest absolute Gasteiger partial charge is 0.454 e. The summed E-state index contributed by atoms with van der Waals surface area (Å²) in [6, 6.07) is 31.8. The minimum absolute atomic E-state index is 0.000370. The molecule has 11 aromatic rings. The lowest BCUT2D eigenvalue weighted by molar-refractivity contribution is 0.666. The van der Waals surface area contributed by atoms with Crippen molar-refractivity contribution in [1.82, 2.24) is 19.5 Å². The van der Waals surface area contributed by atoms with Crippen molar-refractivity contribution in [2.45, 2.75) is 0 Å². The number of aromatic nitrogens is 4. The highest BCUT2D eigenvalue weighted by atomic mass is 32.1. The van der Waals surface area contributed by atoms with E-state index < -0.39 is 36.3 Å². The predicted molar refractivity (Wildman–Crippen MR) is 211 cm³/mol. The minimum atomic E-state index is -0.499. The van der Waals surface area contributed by atoms with Crippen LogP contribution in [0.2, 0.25) is 0 Å². The van der Waals surface area contributed by atoms with Gasteiger partial charge in [-0.3, -0.25) is 0 Å².